The van der Waals surface area contributed by atoms with Crippen molar-refractivity contribution in [3.63, 3.8) is 0 Å². The van der Waals surface area contributed by atoms with Crippen LogP contribution < -0.4 is 16.0 Å². The number of fused-ring (bicyclic) bond motifs is 1. The van der Waals surface area contributed by atoms with E-state index in [0.717, 1.165) is 30.7 Å². The lowest BCUT2D eigenvalue weighted by molar-refractivity contribution is -0.116. The van der Waals surface area contributed by atoms with Gasteiger partial charge < -0.3 is 16.0 Å². The molecule has 124 valence electrons. The minimum atomic E-state index is -0.0391. The molecule has 3 rings (SSSR count). The van der Waals surface area contributed by atoms with Gasteiger partial charge in [-0.1, -0.05) is 24.1 Å². The highest BCUT2D eigenvalue weighted by molar-refractivity contribution is 8.00. The predicted molar refractivity (Wildman–Crippen MR) is 93.8 cm³/mol. The second kappa shape index (κ2) is 7.25. The van der Waals surface area contributed by atoms with E-state index in [0.29, 0.717) is 11.7 Å². The Morgan fingerprint density at radius 3 is 2.83 bits per heavy atom. The number of rotatable bonds is 6. The van der Waals surface area contributed by atoms with Crippen LogP contribution in [-0.2, 0) is 4.79 Å². The van der Waals surface area contributed by atoms with E-state index < -0.39 is 0 Å². The van der Waals surface area contributed by atoms with Crippen molar-refractivity contribution in [1.29, 1.82) is 0 Å². The molecule has 3 N–H and O–H groups in total. The molecule has 0 spiro atoms. The molecule has 5 nitrogen and oxygen atoms in total. The standard InChI is InChI=1S/C17H23N3O2S/c1-11-6-8-12(9-7-11)18-15(21)5-3-2-4-14-16-13(10-23-14)19-17(22)20-16/h6-9,13-14,16H,2-5,10H2,1H3,(H,18,21)(H2,19,20,22)/t13-,14+,16+/m1/s1. The van der Waals surface area contributed by atoms with Gasteiger partial charge >= 0.3 is 6.03 Å². The molecule has 2 aliphatic rings. The van der Waals surface area contributed by atoms with Gasteiger partial charge in [0.1, 0.15) is 0 Å². The first-order chi connectivity index (χ1) is 11.1. The van der Waals surface area contributed by atoms with E-state index in [9.17, 15) is 9.59 Å². The van der Waals surface area contributed by atoms with E-state index >= 15 is 0 Å². The normalized spacial score (nSPS) is 25.6. The van der Waals surface area contributed by atoms with Crippen LogP contribution in [0.5, 0.6) is 0 Å². The van der Waals surface area contributed by atoms with Gasteiger partial charge in [0.2, 0.25) is 5.91 Å². The Morgan fingerprint density at radius 2 is 2.04 bits per heavy atom. The van der Waals surface area contributed by atoms with Gasteiger partial charge in [-0.2, -0.15) is 11.8 Å². The van der Waals surface area contributed by atoms with Gasteiger partial charge in [-0.15, -0.1) is 0 Å². The number of aryl methyl sites for hydroxylation is 1. The Kier molecular flexibility index (Phi) is 5.10. The first-order valence-corrected chi connectivity index (χ1v) is 9.22. The maximum atomic E-state index is 11.9. The second-order valence-electron chi connectivity index (χ2n) is 6.28. The number of carbonyl (C=O) groups excluding carboxylic acids is 2. The lowest BCUT2D eigenvalue weighted by Gasteiger charge is -2.16. The van der Waals surface area contributed by atoms with Gasteiger partial charge in [0.15, 0.2) is 0 Å². The smallest absolute Gasteiger partial charge is 0.315 e. The van der Waals surface area contributed by atoms with Crippen molar-refractivity contribution >= 4 is 29.4 Å². The Hall–Kier alpha value is -1.69. The van der Waals surface area contributed by atoms with Crippen LogP contribution in [0.25, 0.3) is 0 Å². The van der Waals surface area contributed by atoms with Crippen LogP contribution in [0.15, 0.2) is 24.3 Å². The monoisotopic (exact) mass is 333 g/mol. The fourth-order valence-corrected chi connectivity index (χ4v) is 4.68. The predicted octanol–water partition coefficient (Wildman–Crippen LogP) is 2.66. The summed E-state index contributed by atoms with van der Waals surface area (Å²) in [6.45, 7) is 2.03. The van der Waals surface area contributed by atoms with Crippen molar-refractivity contribution in [3.8, 4) is 0 Å². The molecular weight excluding hydrogens is 310 g/mol. The number of anilines is 1. The van der Waals surface area contributed by atoms with E-state index in [1.807, 2.05) is 43.0 Å². The molecular formula is C17H23N3O2S. The quantitative estimate of drug-likeness (QED) is 0.554. The molecule has 0 unspecified atom stereocenters. The molecule has 1 aromatic carbocycles. The number of thioether (sulfide) groups is 1. The number of carbonyl (C=O) groups is 2. The van der Waals surface area contributed by atoms with E-state index in [4.69, 9.17) is 0 Å². The summed E-state index contributed by atoms with van der Waals surface area (Å²) in [5.74, 6) is 1.06. The first-order valence-electron chi connectivity index (χ1n) is 8.17. The van der Waals surface area contributed by atoms with Crippen LogP contribution in [0.3, 0.4) is 0 Å². The highest BCUT2D eigenvalue weighted by Gasteiger charge is 2.42. The average Bonchev–Trinajstić information content (AvgIpc) is 3.06. The molecule has 3 amide bonds. The molecule has 23 heavy (non-hydrogen) atoms. The molecule has 2 heterocycles. The number of nitrogens with one attached hydrogen (secondary N) is 3. The van der Waals surface area contributed by atoms with Crippen molar-refractivity contribution in [3.05, 3.63) is 29.8 Å². The fourth-order valence-electron chi connectivity index (χ4n) is 3.13. The zero-order valence-electron chi connectivity index (χ0n) is 13.3. The third-order valence-electron chi connectivity index (χ3n) is 4.42. The molecule has 0 aromatic heterocycles. The minimum Gasteiger partial charge on any atom is -0.332 e. The maximum Gasteiger partial charge on any atom is 0.315 e. The largest absolute Gasteiger partial charge is 0.332 e. The summed E-state index contributed by atoms with van der Waals surface area (Å²) in [5, 5.41) is 9.35. The Morgan fingerprint density at radius 1 is 1.26 bits per heavy atom. The Labute approximate surface area is 141 Å². The van der Waals surface area contributed by atoms with Crippen LogP contribution in [0, 0.1) is 6.92 Å². The van der Waals surface area contributed by atoms with Gasteiger partial charge in [-0.25, -0.2) is 4.79 Å². The number of hydrogen-bond donors (Lipinski definition) is 3. The van der Waals surface area contributed by atoms with Crippen molar-refractivity contribution in [2.45, 2.75) is 49.9 Å². The summed E-state index contributed by atoms with van der Waals surface area (Å²) >= 11 is 1.92. The van der Waals surface area contributed by atoms with Crippen LogP contribution in [0.2, 0.25) is 0 Å². The van der Waals surface area contributed by atoms with E-state index in [2.05, 4.69) is 16.0 Å². The number of unbranched alkanes of at least 4 members (excludes halogenated alkanes) is 1. The minimum absolute atomic E-state index is 0.0391. The molecule has 2 saturated heterocycles. The van der Waals surface area contributed by atoms with Crippen molar-refractivity contribution in [2.24, 2.45) is 0 Å². The Bertz CT molecular complexity index is 576. The lowest BCUT2D eigenvalue weighted by atomic mass is 10.0. The number of benzene rings is 1. The van der Waals surface area contributed by atoms with Gasteiger partial charge in [0.05, 0.1) is 12.1 Å². The lowest BCUT2D eigenvalue weighted by Crippen LogP contribution is -2.36. The van der Waals surface area contributed by atoms with Crippen molar-refractivity contribution in [1.82, 2.24) is 10.6 Å². The highest BCUT2D eigenvalue weighted by Crippen LogP contribution is 2.33. The number of amides is 3. The molecule has 3 atom stereocenters. The summed E-state index contributed by atoms with van der Waals surface area (Å²) in [7, 11) is 0. The molecule has 2 aliphatic heterocycles. The summed E-state index contributed by atoms with van der Waals surface area (Å²) in [6, 6.07) is 8.34. The van der Waals surface area contributed by atoms with Crippen LogP contribution in [0.4, 0.5) is 10.5 Å². The first kappa shape index (κ1) is 16.2. The third kappa shape index (κ3) is 4.19. The number of urea groups is 1. The van der Waals surface area contributed by atoms with Crippen LogP contribution >= 0.6 is 11.8 Å². The second-order valence-corrected chi connectivity index (χ2v) is 7.55. The fraction of sp³-hybridized carbons (Fsp3) is 0.529. The van der Waals surface area contributed by atoms with Crippen molar-refractivity contribution in [2.75, 3.05) is 11.1 Å². The topological polar surface area (TPSA) is 70.2 Å². The average molecular weight is 333 g/mol. The van der Waals surface area contributed by atoms with E-state index in [1.165, 1.54) is 5.56 Å². The van der Waals surface area contributed by atoms with Crippen molar-refractivity contribution < 1.29 is 9.59 Å². The molecule has 0 radical (unpaired) electrons. The molecule has 6 heteroatoms. The zero-order chi connectivity index (χ0) is 16.2. The van der Waals surface area contributed by atoms with Crippen LogP contribution in [-0.4, -0.2) is 35.0 Å². The SMILES string of the molecule is Cc1ccc(NC(=O)CCCC[C@@H]2SC[C@H]3NC(=O)N[C@H]23)cc1. The molecule has 2 fully saturated rings. The Balaban J connectivity index is 1.34. The number of hydrogen-bond acceptors (Lipinski definition) is 3. The van der Waals surface area contributed by atoms with Gasteiger partial charge in [-0.3, -0.25) is 4.79 Å². The highest BCUT2D eigenvalue weighted by atomic mass is 32.2. The van der Waals surface area contributed by atoms with E-state index in [1.54, 1.807) is 0 Å². The van der Waals surface area contributed by atoms with Gasteiger partial charge in [0.25, 0.3) is 0 Å². The molecule has 0 saturated carbocycles. The van der Waals surface area contributed by atoms with Crippen LogP contribution in [0.1, 0.15) is 31.2 Å². The third-order valence-corrected chi connectivity index (χ3v) is 5.92. The molecule has 0 aliphatic carbocycles. The maximum absolute atomic E-state index is 11.9. The van der Waals surface area contributed by atoms with Gasteiger partial charge in [0, 0.05) is 23.1 Å². The van der Waals surface area contributed by atoms with E-state index in [-0.39, 0.29) is 24.0 Å². The zero-order valence-corrected chi connectivity index (χ0v) is 14.1. The summed E-state index contributed by atoms with van der Waals surface area (Å²) in [5.41, 5.74) is 2.04. The van der Waals surface area contributed by atoms with Gasteiger partial charge in [-0.05, 0) is 31.9 Å². The molecule has 1 aromatic rings. The summed E-state index contributed by atoms with van der Waals surface area (Å²) in [4.78, 5) is 23.3. The summed E-state index contributed by atoms with van der Waals surface area (Å²) < 4.78 is 0. The summed E-state index contributed by atoms with van der Waals surface area (Å²) in [6.07, 6.45) is 3.49. The molecule has 0 bridgehead atoms.